The van der Waals surface area contributed by atoms with Gasteiger partial charge < -0.3 is 0 Å². The molecule has 2 aliphatic rings. The first-order chi connectivity index (χ1) is 13.8. The molecule has 0 spiro atoms. The number of hydrogen-bond donors (Lipinski definition) is 0. The zero-order valence-corrected chi connectivity index (χ0v) is 18.5. The second-order valence-corrected chi connectivity index (χ2v) is 10.1. The van der Waals surface area contributed by atoms with Gasteiger partial charge in [0.25, 0.3) is 0 Å². The minimum atomic E-state index is 0.150. The van der Waals surface area contributed by atoms with E-state index in [1.54, 1.807) is 0 Å². The molecule has 0 aliphatic heterocycles. The van der Waals surface area contributed by atoms with Gasteiger partial charge in [0.1, 0.15) is 0 Å². The average Bonchev–Trinajstić information content (AvgIpc) is 3.03. The summed E-state index contributed by atoms with van der Waals surface area (Å²) in [5.74, 6) is 0.256. The van der Waals surface area contributed by atoms with Crippen LogP contribution in [0.15, 0.2) is 54.1 Å². The summed E-state index contributed by atoms with van der Waals surface area (Å²) in [7, 11) is 0. The monoisotopic (exact) mass is 386 g/mol. The largest absolute Gasteiger partial charge is 0.289 e. The Morgan fingerprint density at radius 1 is 0.931 bits per heavy atom. The zero-order chi connectivity index (χ0) is 20.6. The Bertz CT molecular complexity index is 931. The minimum absolute atomic E-state index is 0.150. The molecule has 2 aromatic rings. The number of allylic oxidation sites excluding steroid dienone is 2. The first-order valence-corrected chi connectivity index (χ1v) is 11.3. The summed E-state index contributed by atoms with van der Waals surface area (Å²) in [5, 5.41) is 0. The third kappa shape index (κ3) is 3.84. The molecule has 29 heavy (non-hydrogen) atoms. The molecule has 0 amide bonds. The van der Waals surface area contributed by atoms with E-state index in [-0.39, 0.29) is 16.6 Å². The van der Waals surface area contributed by atoms with Crippen LogP contribution in [0.5, 0.6) is 0 Å². The molecule has 0 N–H and O–H groups in total. The van der Waals surface area contributed by atoms with Gasteiger partial charge in [-0.25, -0.2) is 0 Å². The number of hydrogen-bond acceptors (Lipinski definition) is 1. The molecule has 0 radical (unpaired) electrons. The summed E-state index contributed by atoms with van der Waals surface area (Å²) >= 11 is 0. The number of ketones is 1. The van der Waals surface area contributed by atoms with Crippen LogP contribution >= 0.6 is 0 Å². The Kier molecular flexibility index (Phi) is 5.27. The van der Waals surface area contributed by atoms with E-state index in [0.717, 1.165) is 24.0 Å². The lowest BCUT2D eigenvalue weighted by atomic mass is 9.71. The molecule has 0 aromatic heterocycles. The van der Waals surface area contributed by atoms with Crippen LogP contribution in [0.2, 0.25) is 0 Å². The maximum Gasteiger partial charge on any atom is 0.189 e. The van der Waals surface area contributed by atoms with Crippen molar-refractivity contribution in [3.05, 3.63) is 70.8 Å². The topological polar surface area (TPSA) is 17.1 Å². The van der Waals surface area contributed by atoms with Gasteiger partial charge in [-0.3, -0.25) is 4.79 Å². The predicted octanol–water partition coefficient (Wildman–Crippen LogP) is 7.68. The SMILES string of the molecule is CCC1(/C=C2\Cc3c(cccc3-c3ccc(C(C)(C)C)cc3)C2=O)CCCCC1. The first-order valence-electron chi connectivity index (χ1n) is 11.3. The lowest BCUT2D eigenvalue weighted by molar-refractivity contribution is 0.103. The lowest BCUT2D eigenvalue weighted by Crippen LogP contribution is -2.22. The molecule has 1 nitrogen and oxygen atoms in total. The molecule has 1 fully saturated rings. The van der Waals surface area contributed by atoms with Gasteiger partial charge >= 0.3 is 0 Å². The molecule has 2 aliphatic carbocycles. The third-order valence-corrected chi connectivity index (χ3v) is 7.18. The van der Waals surface area contributed by atoms with Crippen LogP contribution in [-0.4, -0.2) is 5.78 Å². The van der Waals surface area contributed by atoms with Crippen LogP contribution < -0.4 is 0 Å². The Morgan fingerprint density at radius 2 is 1.59 bits per heavy atom. The van der Waals surface area contributed by atoms with Crippen molar-refractivity contribution in [3.63, 3.8) is 0 Å². The highest BCUT2D eigenvalue weighted by Gasteiger charge is 2.33. The van der Waals surface area contributed by atoms with E-state index in [2.05, 4.69) is 64.1 Å². The number of benzene rings is 2. The van der Waals surface area contributed by atoms with Gasteiger partial charge in [-0.1, -0.05) is 95.5 Å². The molecule has 2 aromatic carbocycles. The maximum absolute atomic E-state index is 13.2. The van der Waals surface area contributed by atoms with Crippen LogP contribution in [0.25, 0.3) is 11.1 Å². The highest BCUT2D eigenvalue weighted by molar-refractivity contribution is 6.14. The zero-order valence-electron chi connectivity index (χ0n) is 18.5. The van der Waals surface area contributed by atoms with E-state index in [4.69, 9.17) is 0 Å². The third-order valence-electron chi connectivity index (χ3n) is 7.18. The Morgan fingerprint density at radius 3 is 2.21 bits per heavy atom. The number of Topliss-reactive ketones (excluding diaryl/α,β-unsaturated/α-hetero) is 1. The normalized spacial score (nSPS) is 20.1. The molecule has 0 unspecified atom stereocenters. The van der Waals surface area contributed by atoms with E-state index in [9.17, 15) is 4.79 Å². The van der Waals surface area contributed by atoms with Crippen LogP contribution in [-0.2, 0) is 11.8 Å². The van der Waals surface area contributed by atoms with Gasteiger partial charge in [-0.15, -0.1) is 0 Å². The van der Waals surface area contributed by atoms with Crippen molar-refractivity contribution in [3.8, 4) is 11.1 Å². The van der Waals surface area contributed by atoms with Gasteiger partial charge in [-0.2, -0.15) is 0 Å². The summed E-state index contributed by atoms with van der Waals surface area (Å²) < 4.78 is 0. The smallest absolute Gasteiger partial charge is 0.189 e. The summed E-state index contributed by atoms with van der Waals surface area (Å²) in [6.07, 6.45) is 10.7. The van der Waals surface area contributed by atoms with Crippen molar-refractivity contribution >= 4 is 5.78 Å². The van der Waals surface area contributed by atoms with Crippen molar-refractivity contribution in [1.29, 1.82) is 0 Å². The minimum Gasteiger partial charge on any atom is -0.289 e. The van der Waals surface area contributed by atoms with E-state index in [1.165, 1.54) is 54.4 Å². The maximum atomic E-state index is 13.2. The molecule has 0 heterocycles. The standard InChI is InChI=1S/C28H34O/c1-5-28(16-7-6-8-17-28)19-21-18-25-23(10-9-11-24(25)26(21)29)20-12-14-22(15-13-20)27(2,3)4/h9-15,19H,5-8,16-18H2,1-4H3/b21-19+. The van der Waals surface area contributed by atoms with Crippen LogP contribution in [0.4, 0.5) is 0 Å². The molecule has 1 heteroatoms. The highest BCUT2D eigenvalue weighted by atomic mass is 16.1. The fourth-order valence-electron chi connectivity index (χ4n) is 5.20. The van der Waals surface area contributed by atoms with E-state index < -0.39 is 0 Å². The summed E-state index contributed by atoms with van der Waals surface area (Å²) in [4.78, 5) is 13.2. The first kappa shape index (κ1) is 20.1. The van der Waals surface area contributed by atoms with Gasteiger partial charge in [0.15, 0.2) is 5.78 Å². The Labute approximate surface area is 176 Å². The molecule has 0 atom stereocenters. The highest BCUT2D eigenvalue weighted by Crippen LogP contribution is 2.44. The number of carbonyl (C=O) groups excluding carboxylic acids is 1. The fourth-order valence-corrected chi connectivity index (χ4v) is 5.20. The van der Waals surface area contributed by atoms with Crippen LogP contribution in [0.3, 0.4) is 0 Å². The quantitative estimate of drug-likeness (QED) is 0.494. The Balaban J connectivity index is 1.69. The van der Waals surface area contributed by atoms with Crippen LogP contribution in [0, 0.1) is 5.41 Å². The van der Waals surface area contributed by atoms with E-state index in [1.807, 2.05) is 12.1 Å². The molecular weight excluding hydrogens is 352 g/mol. The second kappa shape index (κ2) is 7.59. The van der Waals surface area contributed by atoms with Gasteiger partial charge in [-0.05, 0) is 52.3 Å². The van der Waals surface area contributed by atoms with Crippen LogP contribution in [0.1, 0.15) is 87.7 Å². The predicted molar refractivity (Wildman–Crippen MR) is 123 cm³/mol. The van der Waals surface area contributed by atoms with E-state index in [0.29, 0.717) is 0 Å². The summed E-state index contributed by atoms with van der Waals surface area (Å²) in [6.45, 7) is 9.02. The summed E-state index contributed by atoms with van der Waals surface area (Å²) in [6, 6.07) is 15.1. The van der Waals surface area contributed by atoms with Crippen molar-refractivity contribution in [2.24, 2.45) is 5.41 Å². The van der Waals surface area contributed by atoms with Crippen molar-refractivity contribution in [2.45, 2.75) is 78.1 Å². The van der Waals surface area contributed by atoms with Gasteiger partial charge in [0.05, 0.1) is 0 Å². The molecule has 4 rings (SSSR count). The molecule has 152 valence electrons. The second-order valence-electron chi connectivity index (χ2n) is 10.1. The average molecular weight is 387 g/mol. The Hall–Kier alpha value is -2.15. The van der Waals surface area contributed by atoms with Crippen molar-refractivity contribution in [1.82, 2.24) is 0 Å². The molecule has 0 bridgehead atoms. The van der Waals surface area contributed by atoms with E-state index >= 15 is 0 Å². The fraction of sp³-hybridized carbons (Fsp3) is 0.464. The molecular formula is C28H34O. The van der Waals surface area contributed by atoms with Crippen molar-refractivity contribution < 1.29 is 4.79 Å². The van der Waals surface area contributed by atoms with Crippen molar-refractivity contribution in [2.75, 3.05) is 0 Å². The number of fused-ring (bicyclic) bond motifs is 1. The molecule has 0 saturated heterocycles. The van der Waals surface area contributed by atoms with Gasteiger partial charge in [0.2, 0.25) is 0 Å². The molecule has 1 saturated carbocycles. The number of carbonyl (C=O) groups is 1. The summed E-state index contributed by atoms with van der Waals surface area (Å²) in [5.41, 5.74) is 7.32. The lowest BCUT2D eigenvalue weighted by Gasteiger charge is -2.34. The van der Waals surface area contributed by atoms with Gasteiger partial charge in [0, 0.05) is 17.6 Å². The number of rotatable bonds is 3.